The van der Waals surface area contributed by atoms with Crippen molar-refractivity contribution in [2.75, 3.05) is 39.3 Å². The average Bonchev–Trinajstić information content (AvgIpc) is 3.23. The van der Waals surface area contributed by atoms with E-state index in [4.69, 9.17) is 4.74 Å². The van der Waals surface area contributed by atoms with Crippen molar-refractivity contribution in [3.8, 4) is 5.75 Å². The molecule has 0 bridgehead atoms. The van der Waals surface area contributed by atoms with E-state index in [1.54, 1.807) is 4.90 Å². The fourth-order valence-corrected chi connectivity index (χ4v) is 4.41. The number of carbonyl (C=O) groups is 1. The van der Waals surface area contributed by atoms with E-state index in [2.05, 4.69) is 29.7 Å². The predicted octanol–water partition coefficient (Wildman–Crippen LogP) is -0.257. The van der Waals surface area contributed by atoms with Gasteiger partial charge in [-0.3, -0.25) is 4.79 Å². The van der Waals surface area contributed by atoms with Crippen molar-refractivity contribution in [2.24, 2.45) is 7.05 Å². The van der Waals surface area contributed by atoms with Gasteiger partial charge in [0.05, 0.1) is 6.61 Å². The second-order valence-corrected chi connectivity index (χ2v) is 8.16. The van der Waals surface area contributed by atoms with E-state index in [1.807, 2.05) is 20.0 Å². The molecule has 27 heavy (non-hydrogen) atoms. The number of rotatable bonds is 5. The van der Waals surface area contributed by atoms with Gasteiger partial charge < -0.3 is 19.1 Å². The first-order valence-electron chi connectivity index (χ1n) is 10.1. The number of carbonyl (C=O) groups excluding carboxylic acids is 1. The van der Waals surface area contributed by atoms with E-state index in [0.717, 1.165) is 68.5 Å². The van der Waals surface area contributed by atoms with Crippen LogP contribution in [0, 0.1) is 13.8 Å². The Labute approximate surface area is 161 Å². The van der Waals surface area contributed by atoms with Gasteiger partial charge >= 0.3 is 0 Å². The van der Waals surface area contributed by atoms with E-state index in [0.29, 0.717) is 6.54 Å². The topological polar surface area (TPSA) is 40.1 Å². The maximum absolute atomic E-state index is 12.7. The fraction of sp³-hybridized carbons (Fsp3) is 0.500. The normalized spacial score (nSPS) is 21.7. The summed E-state index contributed by atoms with van der Waals surface area (Å²) in [6.07, 6.45) is 1.04. The molecular formula is C22H31N3O2+2. The molecule has 1 fully saturated rings. The first-order valence-corrected chi connectivity index (χ1v) is 10.1. The third-order valence-corrected chi connectivity index (χ3v) is 6.36. The summed E-state index contributed by atoms with van der Waals surface area (Å²) >= 11 is 0. The zero-order chi connectivity index (χ0) is 19.0. The Morgan fingerprint density at radius 1 is 1.11 bits per heavy atom. The Morgan fingerprint density at radius 2 is 1.85 bits per heavy atom. The summed E-state index contributed by atoms with van der Waals surface area (Å²) in [5.41, 5.74) is 5.90. The molecule has 0 saturated carbocycles. The number of aromatic nitrogens is 1. The number of hydrogen-bond acceptors (Lipinski definition) is 2. The molecule has 3 heterocycles. The molecule has 5 nitrogen and oxygen atoms in total. The Kier molecular flexibility index (Phi) is 5.06. The number of ketones is 1. The van der Waals surface area contributed by atoms with Crippen LogP contribution in [0.4, 0.5) is 0 Å². The second-order valence-electron chi connectivity index (χ2n) is 8.16. The Bertz CT molecular complexity index is 847. The van der Waals surface area contributed by atoms with E-state index >= 15 is 0 Å². The monoisotopic (exact) mass is 369 g/mol. The van der Waals surface area contributed by atoms with Crippen LogP contribution < -0.4 is 14.5 Å². The zero-order valence-electron chi connectivity index (χ0n) is 16.7. The quantitative estimate of drug-likeness (QED) is 0.714. The lowest BCUT2D eigenvalue weighted by Crippen LogP contribution is -3.27. The molecule has 1 aromatic heterocycles. The third kappa shape index (κ3) is 3.80. The van der Waals surface area contributed by atoms with Crippen LogP contribution in [-0.4, -0.2) is 49.7 Å². The minimum Gasteiger partial charge on any atom is -0.493 e. The van der Waals surface area contributed by atoms with Gasteiger partial charge in [0.15, 0.2) is 0 Å². The summed E-state index contributed by atoms with van der Waals surface area (Å²) in [7, 11) is 2.03. The van der Waals surface area contributed by atoms with Crippen LogP contribution in [0.15, 0.2) is 24.3 Å². The van der Waals surface area contributed by atoms with Crippen molar-refractivity contribution in [2.45, 2.75) is 26.8 Å². The lowest BCUT2D eigenvalue weighted by atomic mass is 10.1. The van der Waals surface area contributed by atoms with Gasteiger partial charge in [-0.05, 0) is 43.7 Å². The van der Waals surface area contributed by atoms with Gasteiger partial charge in [-0.2, -0.15) is 0 Å². The highest BCUT2D eigenvalue weighted by Gasteiger charge is 2.27. The lowest BCUT2D eigenvalue weighted by molar-refractivity contribution is -1.01. The predicted molar refractivity (Wildman–Crippen MR) is 105 cm³/mol. The van der Waals surface area contributed by atoms with Gasteiger partial charge in [-0.25, -0.2) is 0 Å². The third-order valence-electron chi connectivity index (χ3n) is 6.36. The van der Waals surface area contributed by atoms with Crippen molar-refractivity contribution >= 4 is 5.78 Å². The smallest absolute Gasteiger partial charge is 0.218 e. The highest BCUT2D eigenvalue weighted by Crippen LogP contribution is 2.25. The van der Waals surface area contributed by atoms with E-state index in [1.165, 1.54) is 16.0 Å². The number of aryl methyl sites for hydroxylation is 1. The maximum atomic E-state index is 12.7. The van der Waals surface area contributed by atoms with Crippen LogP contribution in [0.25, 0.3) is 0 Å². The summed E-state index contributed by atoms with van der Waals surface area (Å²) < 4.78 is 7.71. The highest BCUT2D eigenvalue weighted by atomic mass is 16.5. The van der Waals surface area contributed by atoms with Gasteiger partial charge in [0.1, 0.15) is 45.0 Å². The SMILES string of the molecule is Cc1cc(C(=O)C[NH+]2CC[NH+](Cc3ccc4c(c3)CCO4)CC2)c(C)n1C. The molecule has 0 amide bonds. The van der Waals surface area contributed by atoms with E-state index < -0.39 is 0 Å². The number of piperazine rings is 1. The fourth-order valence-electron chi connectivity index (χ4n) is 4.41. The van der Waals surface area contributed by atoms with Crippen LogP contribution in [0.5, 0.6) is 5.75 Å². The van der Waals surface area contributed by atoms with Crippen LogP contribution in [0.3, 0.4) is 0 Å². The Hall–Kier alpha value is -2.11. The molecular weight excluding hydrogens is 338 g/mol. The standard InChI is InChI=1S/C22H29N3O2/c1-16-12-20(17(2)23(16)3)21(26)15-25-9-7-24(8-10-25)14-18-4-5-22-19(13-18)6-11-27-22/h4-5,12-13H,6-11,14-15H2,1-3H3/p+2. The van der Waals surface area contributed by atoms with Gasteiger partial charge in [-0.15, -0.1) is 0 Å². The second kappa shape index (κ2) is 7.49. The maximum Gasteiger partial charge on any atom is 0.218 e. The van der Waals surface area contributed by atoms with Gasteiger partial charge in [-0.1, -0.05) is 0 Å². The Morgan fingerprint density at radius 3 is 2.56 bits per heavy atom. The van der Waals surface area contributed by atoms with E-state index in [-0.39, 0.29) is 5.78 Å². The number of nitrogens with one attached hydrogen (secondary N) is 2. The minimum atomic E-state index is 0.285. The summed E-state index contributed by atoms with van der Waals surface area (Å²) in [6.45, 7) is 11.0. The molecule has 1 saturated heterocycles. The number of quaternary nitrogens is 2. The molecule has 2 N–H and O–H groups in total. The molecule has 0 atom stereocenters. The van der Waals surface area contributed by atoms with Crippen LogP contribution in [0.1, 0.15) is 32.9 Å². The molecule has 1 aromatic carbocycles. The number of benzene rings is 1. The molecule has 0 aliphatic carbocycles. The average molecular weight is 370 g/mol. The van der Waals surface area contributed by atoms with Gasteiger partial charge in [0.2, 0.25) is 5.78 Å². The van der Waals surface area contributed by atoms with E-state index in [9.17, 15) is 4.79 Å². The molecule has 5 heteroatoms. The number of Topliss-reactive ketones (excluding diaryl/α,β-unsaturated/α-hetero) is 1. The highest BCUT2D eigenvalue weighted by molar-refractivity contribution is 5.98. The molecule has 2 aliphatic heterocycles. The lowest BCUT2D eigenvalue weighted by Gasteiger charge is -2.29. The van der Waals surface area contributed by atoms with Gasteiger partial charge in [0.25, 0.3) is 0 Å². The van der Waals surface area contributed by atoms with Crippen molar-refractivity contribution in [1.82, 2.24) is 4.57 Å². The zero-order valence-corrected chi connectivity index (χ0v) is 16.7. The summed E-state index contributed by atoms with van der Waals surface area (Å²) in [4.78, 5) is 15.8. The summed E-state index contributed by atoms with van der Waals surface area (Å²) in [5.74, 6) is 1.35. The number of nitrogens with zero attached hydrogens (tertiary/aromatic N) is 1. The van der Waals surface area contributed by atoms with Crippen LogP contribution in [0.2, 0.25) is 0 Å². The number of hydrogen-bond donors (Lipinski definition) is 2. The van der Waals surface area contributed by atoms with Crippen molar-refractivity contribution in [3.63, 3.8) is 0 Å². The number of fused-ring (bicyclic) bond motifs is 1. The Balaban J connectivity index is 1.30. The first kappa shape index (κ1) is 18.3. The molecule has 0 unspecified atom stereocenters. The van der Waals surface area contributed by atoms with Crippen molar-refractivity contribution in [3.05, 3.63) is 52.3 Å². The minimum absolute atomic E-state index is 0.285. The summed E-state index contributed by atoms with van der Waals surface area (Å²) in [5, 5.41) is 0. The van der Waals surface area contributed by atoms with Crippen molar-refractivity contribution < 1.29 is 19.3 Å². The molecule has 0 radical (unpaired) electrons. The largest absolute Gasteiger partial charge is 0.493 e. The summed E-state index contributed by atoms with van der Waals surface area (Å²) in [6, 6.07) is 8.69. The first-order chi connectivity index (χ1) is 13.0. The molecule has 2 aromatic rings. The molecule has 2 aliphatic rings. The number of ether oxygens (including phenoxy) is 1. The van der Waals surface area contributed by atoms with Gasteiger partial charge in [0, 0.05) is 36.0 Å². The molecule has 0 spiro atoms. The molecule has 4 rings (SSSR count). The van der Waals surface area contributed by atoms with Crippen molar-refractivity contribution in [1.29, 1.82) is 0 Å². The van der Waals surface area contributed by atoms with Crippen LogP contribution >= 0.6 is 0 Å². The van der Waals surface area contributed by atoms with Crippen LogP contribution in [-0.2, 0) is 20.0 Å². The molecule has 144 valence electrons.